The number of nitriles is 1. The van der Waals surface area contributed by atoms with Gasteiger partial charge < -0.3 is 4.98 Å². The van der Waals surface area contributed by atoms with Crippen LogP contribution in [-0.4, -0.2) is 29.0 Å². The molecule has 0 bridgehead atoms. The minimum atomic E-state index is 0.254. The highest BCUT2D eigenvalue weighted by atomic mass is 35.5. The smallest absolute Gasteiger partial charge is 0.0659 e. The highest BCUT2D eigenvalue weighted by Crippen LogP contribution is 2.40. The van der Waals surface area contributed by atoms with Crippen LogP contribution in [0.1, 0.15) is 55.6 Å². The molecule has 2 fully saturated rings. The van der Waals surface area contributed by atoms with Gasteiger partial charge in [-0.25, -0.2) is 0 Å². The zero-order chi connectivity index (χ0) is 21.2. The van der Waals surface area contributed by atoms with Crippen molar-refractivity contribution in [1.82, 2.24) is 9.88 Å². The van der Waals surface area contributed by atoms with E-state index in [0.717, 1.165) is 36.5 Å². The molecule has 0 spiro atoms. The predicted molar refractivity (Wildman–Crippen MR) is 127 cm³/mol. The van der Waals surface area contributed by atoms with E-state index in [1.807, 2.05) is 12.1 Å². The minimum Gasteiger partial charge on any atom is -0.361 e. The lowest BCUT2D eigenvalue weighted by molar-refractivity contribution is 0.0361. The van der Waals surface area contributed by atoms with Gasteiger partial charge in [0.2, 0.25) is 0 Å². The summed E-state index contributed by atoms with van der Waals surface area (Å²) in [4.78, 5) is 6.15. The molecular weight excluding hydrogens is 402 g/mol. The van der Waals surface area contributed by atoms with E-state index in [4.69, 9.17) is 11.6 Å². The van der Waals surface area contributed by atoms with E-state index >= 15 is 0 Å². The van der Waals surface area contributed by atoms with Gasteiger partial charge >= 0.3 is 0 Å². The Kier molecular flexibility index (Phi) is 6.03. The fraction of sp³-hybridized carbons (Fsp3) is 0.444. The average Bonchev–Trinajstić information content (AvgIpc) is 3.22. The molecule has 1 aliphatic carbocycles. The van der Waals surface area contributed by atoms with E-state index in [2.05, 4.69) is 58.5 Å². The molecule has 0 amide bonds. The van der Waals surface area contributed by atoms with Gasteiger partial charge in [-0.2, -0.15) is 5.26 Å². The number of benzene rings is 2. The molecule has 2 heterocycles. The van der Waals surface area contributed by atoms with E-state index in [9.17, 15) is 5.26 Å². The number of nitrogens with one attached hydrogen (secondary N) is 1. The lowest BCUT2D eigenvalue weighted by atomic mass is 9.72. The number of hydrogen-bond donors (Lipinski definition) is 1. The first-order valence-electron chi connectivity index (χ1n) is 11.7. The van der Waals surface area contributed by atoms with E-state index < -0.39 is 0 Å². The Morgan fingerprint density at radius 2 is 1.94 bits per heavy atom. The number of aromatic nitrogens is 1. The van der Waals surface area contributed by atoms with Gasteiger partial charge in [-0.05, 0) is 68.0 Å². The number of halogens is 1. The lowest BCUT2D eigenvalue weighted by Crippen LogP contribution is -2.50. The van der Waals surface area contributed by atoms with Crippen molar-refractivity contribution in [1.29, 1.82) is 5.26 Å². The summed E-state index contributed by atoms with van der Waals surface area (Å²) >= 11 is 6.23. The highest BCUT2D eigenvalue weighted by Gasteiger charge is 2.39. The van der Waals surface area contributed by atoms with E-state index in [-0.39, 0.29) is 5.92 Å². The molecule has 5 rings (SSSR count). The molecule has 0 radical (unpaired) electrons. The highest BCUT2D eigenvalue weighted by molar-refractivity contribution is 6.31. The van der Waals surface area contributed by atoms with Gasteiger partial charge in [0.15, 0.2) is 0 Å². The molecule has 4 atom stereocenters. The molecule has 4 heteroatoms. The largest absolute Gasteiger partial charge is 0.361 e. The quantitative estimate of drug-likeness (QED) is 0.485. The molecule has 4 unspecified atom stereocenters. The van der Waals surface area contributed by atoms with Crippen LogP contribution in [0, 0.1) is 23.2 Å². The van der Waals surface area contributed by atoms with Crippen LogP contribution in [0.25, 0.3) is 10.9 Å². The number of aromatic amines is 1. The summed E-state index contributed by atoms with van der Waals surface area (Å²) in [5.41, 5.74) is 3.82. The molecule has 3 aromatic rings. The Labute approximate surface area is 190 Å². The van der Waals surface area contributed by atoms with Crippen LogP contribution in [0.4, 0.5) is 0 Å². The predicted octanol–water partition coefficient (Wildman–Crippen LogP) is 6.75. The summed E-state index contributed by atoms with van der Waals surface area (Å²) in [7, 11) is 0. The SMILES string of the molecule is N#CC1CCN(CCC(c2ccccc2)c2c[nH]c3cc(Cl)ccc23)C2CCCCC12. The molecule has 160 valence electrons. The molecule has 2 aliphatic rings. The zero-order valence-electron chi connectivity index (χ0n) is 17.9. The molecule has 1 aromatic heterocycles. The van der Waals surface area contributed by atoms with Gasteiger partial charge in [0.1, 0.15) is 0 Å². The zero-order valence-corrected chi connectivity index (χ0v) is 18.7. The summed E-state index contributed by atoms with van der Waals surface area (Å²) in [6.45, 7) is 2.14. The molecule has 1 aliphatic heterocycles. The fourth-order valence-corrected chi connectivity index (χ4v) is 6.25. The molecule has 31 heavy (non-hydrogen) atoms. The molecule has 1 N–H and O–H groups in total. The molecule has 1 saturated heterocycles. The van der Waals surface area contributed by atoms with Crippen LogP contribution in [-0.2, 0) is 0 Å². The van der Waals surface area contributed by atoms with Crippen LogP contribution in [0.3, 0.4) is 0 Å². The number of likely N-dealkylation sites (tertiary alicyclic amines) is 1. The van der Waals surface area contributed by atoms with Crippen LogP contribution >= 0.6 is 11.6 Å². The van der Waals surface area contributed by atoms with Crippen molar-refractivity contribution >= 4 is 22.5 Å². The minimum absolute atomic E-state index is 0.254. The number of H-pyrrole nitrogens is 1. The van der Waals surface area contributed by atoms with Crippen LogP contribution < -0.4 is 0 Å². The normalized spacial score (nSPS) is 25.1. The van der Waals surface area contributed by atoms with Gasteiger partial charge in [0, 0.05) is 34.1 Å². The van der Waals surface area contributed by atoms with Crippen LogP contribution in [0.5, 0.6) is 0 Å². The van der Waals surface area contributed by atoms with Crippen molar-refractivity contribution in [2.45, 2.75) is 50.5 Å². The monoisotopic (exact) mass is 431 g/mol. The van der Waals surface area contributed by atoms with Gasteiger partial charge in [-0.15, -0.1) is 0 Å². The van der Waals surface area contributed by atoms with Gasteiger partial charge in [0.05, 0.1) is 12.0 Å². The van der Waals surface area contributed by atoms with Crippen LogP contribution in [0.2, 0.25) is 5.02 Å². The third kappa shape index (κ3) is 4.12. The first kappa shape index (κ1) is 20.6. The third-order valence-electron chi connectivity index (χ3n) is 7.62. The summed E-state index contributed by atoms with van der Waals surface area (Å²) in [5, 5.41) is 11.7. The Hall–Kier alpha value is -2.28. The van der Waals surface area contributed by atoms with Gasteiger partial charge in [0.25, 0.3) is 0 Å². The molecule has 1 saturated carbocycles. The first-order chi connectivity index (χ1) is 15.2. The number of hydrogen-bond acceptors (Lipinski definition) is 2. The number of rotatable bonds is 5. The van der Waals surface area contributed by atoms with Gasteiger partial charge in [-0.1, -0.05) is 60.8 Å². The van der Waals surface area contributed by atoms with Crippen molar-refractivity contribution in [2.75, 3.05) is 13.1 Å². The fourth-order valence-electron chi connectivity index (χ4n) is 6.08. The lowest BCUT2D eigenvalue weighted by Gasteiger charge is -2.46. The maximum absolute atomic E-state index is 9.65. The summed E-state index contributed by atoms with van der Waals surface area (Å²) in [6, 6.07) is 20.2. The van der Waals surface area contributed by atoms with Crippen molar-refractivity contribution in [2.24, 2.45) is 11.8 Å². The molecule has 2 aromatic carbocycles. The van der Waals surface area contributed by atoms with Crippen molar-refractivity contribution in [3.63, 3.8) is 0 Å². The number of fused-ring (bicyclic) bond motifs is 2. The van der Waals surface area contributed by atoms with E-state index in [1.165, 1.54) is 42.2 Å². The van der Waals surface area contributed by atoms with E-state index in [1.54, 1.807) is 0 Å². The number of nitrogens with zero attached hydrogens (tertiary/aromatic N) is 2. The van der Waals surface area contributed by atoms with Crippen LogP contribution in [0.15, 0.2) is 54.7 Å². The van der Waals surface area contributed by atoms with Crippen molar-refractivity contribution in [3.8, 4) is 6.07 Å². The molecule has 3 nitrogen and oxygen atoms in total. The second-order valence-corrected chi connectivity index (χ2v) is 9.70. The summed E-state index contributed by atoms with van der Waals surface area (Å²) in [6.07, 6.45) is 9.36. The third-order valence-corrected chi connectivity index (χ3v) is 7.85. The van der Waals surface area contributed by atoms with Crippen molar-refractivity contribution < 1.29 is 0 Å². The van der Waals surface area contributed by atoms with Crippen molar-refractivity contribution in [3.05, 3.63) is 70.9 Å². The average molecular weight is 432 g/mol. The second kappa shape index (κ2) is 9.07. The van der Waals surface area contributed by atoms with E-state index in [0.29, 0.717) is 17.9 Å². The second-order valence-electron chi connectivity index (χ2n) is 9.26. The maximum atomic E-state index is 9.65. The number of piperidine rings is 1. The van der Waals surface area contributed by atoms with Gasteiger partial charge in [-0.3, -0.25) is 4.90 Å². The Morgan fingerprint density at radius 3 is 2.77 bits per heavy atom. The Morgan fingerprint density at radius 1 is 1.10 bits per heavy atom. The summed E-state index contributed by atoms with van der Waals surface area (Å²) in [5.74, 6) is 1.16. The standard InChI is InChI=1S/C27H30ClN3/c28-21-10-11-24-25(18-30-26(24)16-21)22(19-6-2-1-3-7-19)13-15-31-14-12-20(17-29)23-8-4-5-9-27(23)31/h1-3,6-7,10-11,16,18,20,22-23,27,30H,4-5,8-9,12-15H2. The Balaban J connectivity index is 1.41. The Bertz CT molecular complexity index is 1070. The summed E-state index contributed by atoms with van der Waals surface area (Å²) < 4.78 is 0. The topological polar surface area (TPSA) is 42.8 Å². The maximum Gasteiger partial charge on any atom is 0.0659 e. The first-order valence-corrected chi connectivity index (χ1v) is 12.1. The molecular formula is C27H30ClN3.